The van der Waals surface area contributed by atoms with Crippen LogP contribution in [0.3, 0.4) is 0 Å². The van der Waals surface area contributed by atoms with E-state index in [-0.39, 0.29) is 5.82 Å². The molecular weight excluding hydrogens is 291 g/mol. The van der Waals surface area contributed by atoms with Gasteiger partial charge in [-0.3, -0.25) is 0 Å². The van der Waals surface area contributed by atoms with Crippen LogP contribution in [0.2, 0.25) is 0 Å². The van der Waals surface area contributed by atoms with Crippen molar-refractivity contribution in [3.05, 3.63) is 45.1 Å². The van der Waals surface area contributed by atoms with E-state index in [1.165, 1.54) is 17.0 Å². The number of nitrogens with one attached hydrogen (secondary N) is 1. The van der Waals surface area contributed by atoms with Crippen LogP contribution in [0.4, 0.5) is 9.52 Å². The van der Waals surface area contributed by atoms with Gasteiger partial charge in [-0.1, -0.05) is 22.0 Å². The van der Waals surface area contributed by atoms with E-state index in [1.807, 2.05) is 13.1 Å². The summed E-state index contributed by atoms with van der Waals surface area (Å²) in [4.78, 5) is 5.36. The van der Waals surface area contributed by atoms with Gasteiger partial charge < -0.3 is 5.32 Å². The second kappa shape index (κ2) is 4.93. The number of anilines is 1. The third kappa shape index (κ3) is 2.80. The summed E-state index contributed by atoms with van der Waals surface area (Å²) < 4.78 is 13.6. The Kier molecular flexibility index (Phi) is 3.56. The Morgan fingerprint density at radius 1 is 1.50 bits per heavy atom. The van der Waals surface area contributed by atoms with Crippen molar-refractivity contribution in [1.82, 2.24) is 4.98 Å². The summed E-state index contributed by atoms with van der Waals surface area (Å²) in [5, 5.41) is 4.08. The van der Waals surface area contributed by atoms with Gasteiger partial charge in [0.2, 0.25) is 0 Å². The summed E-state index contributed by atoms with van der Waals surface area (Å²) in [6.45, 7) is 2.64. The number of benzene rings is 1. The fourth-order valence-corrected chi connectivity index (χ4v) is 2.42. The lowest BCUT2D eigenvalue weighted by Crippen LogP contribution is -1.99. The van der Waals surface area contributed by atoms with Crippen LogP contribution in [0.15, 0.2) is 28.9 Å². The Morgan fingerprint density at radius 3 is 2.94 bits per heavy atom. The van der Waals surface area contributed by atoms with Gasteiger partial charge >= 0.3 is 0 Å². The molecule has 2 rings (SSSR count). The van der Waals surface area contributed by atoms with Crippen LogP contribution in [0.25, 0.3) is 0 Å². The van der Waals surface area contributed by atoms with Crippen LogP contribution < -0.4 is 5.32 Å². The maximum absolute atomic E-state index is 12.9. The van der Waals surface area contributed by atoms with E-state index < -0.39 is 0 Å². The monoisotopic (exact) mass is 300 g/mol. The van der Waals surface area contributed by atoms with Gasteiger partial charge in [-0.05, 0) is 24.6 Å². The largest absolute Gasteiger partial charge is 0.357 e. The predicted octanol–water partition coefficient (Wildman–Crippen LogP) is 3.97. The maximum atomic E-state index is 12.9. The summed E-state index contributed by atoms with van der Waals surface area (Å²) in [5.74, 6) is -0.235. The van der Waals surface area contributed by atoms with Crippen molar-refractivity contribution < 1.29 is 4.39 Å². The summed E-state index contributed by atoms with van der Waals surface area (Å²) in [6.07, 6.45) is 1.83. The molecule has 0 atom stereocenters. The van der Waals surface area contributed by atoms with Gasteiger partial charge in [0, 0.05) is 22.1 Å². The molecule has 0 bridgehead atoms. The van der Waals surface area contributed by atoms with Crippen LogP contribution in [-0.4, -0.2) is 4.98 Å². The van der Waals surface area contributed by atoms with Gasteiger partial charge in [-0.25, -0.2) is 9.37 Å². The van der Waals surface area contributed by atoms with Gasteiger partial charge in [-0.2, -0.15) is 0 Å². The van der Waals surface area contributed by atoms with E-state index in [1.54, 1.807) is 17.4 Å². The van der Waals surface area contributed by atoms with Crippen LogP contribution in [0.1, 0.15) is 10.4 Å². The third-order valence-corrected chi connectivity index (χ3v) is 3.68. The smallest absolute Gasteiger partial charge is 0.183 e. The maximum Gasteiger partial charge on any atom is 0.183 e. The first-order valence-electron chi connectivity index (χ1n) is 4.75. The van der Waals surface area contributed by atoms with Crippen molar-refractivity contribution in [2.24, 2.45) is 0 Å². The van der Waals surface area contributed by atoms with Crippen LogP contribution in [0, 0.1) is 12.7 Å². The zero-order valence-corrected chi connectivity index (χ0v) is 11.0. The zero-order valence-electron chi connectivity index (χ0n) is 8.63. The molecule has 0 aliphatic rings. The van der Waals surface area contributed by atoms with Crippen molar-refractivity contribution in [3.63, 3.8) is 0 Å². The molecule has 5 heteroatoms. The predicted molar refractivity (Wildman–Crippen MR) is 68.3 cm³/mol. The molecule has 2 nitrogen and oxygen atoms in total. The number of rotatable bonds is 3. The molecule has 0 radical (unpaired) electrons. The SMILES string of the molecule is Cc1cnc(NCc2ccc(F)cc2Br)s1. The lowest BCUT2D eigenvalue weighted by atomic mass is 10.2. The molecule has 1 aromatic heterocycles. The molecule has 0 saturated heterocycles. The molecule has 84 valence electrons. The first-order valence-corrected chi connectivity index (χ1v) is 6.36. The zero-order chi connectivity index (χ0) is 11.5. The Hall–Kier alpha value is -0.940. The van der Waals surface area contributed by atoms with Gasteiger partial charge in [0.1, 0.15) is 5.82 Å². The third-order valence-electron chi connectivity index (χ3n) is 2.07. The van der Waals surface area contributed by atoms with E-state index in [0.717, 1.165) is 15.2 Å². The van der Waals surface area contributed by atoms with Crippen molar-refractivity contribution in [1.29, 1.82) is 0 Å². The highest BCUT2D eigenvalue weighted by atomic mass is 79.9. The van der Waals surface area contributed by atoms with Crippen LogP contribution in [0.5, 0.6) is 0 Å². The molecule has 0 saturated carbocycles. The first-order chi connectivity index (χ1) is 7.65. The highest BCUT2D eigenvalue weighted by Gasteiger charge is 2.03. The number of hydrogen-bond donors (Lipinski definition) is 1. The molecule has 16 heavy (non-hydrogen) atoms. The molecule has 0 unspecified atom stereocenters. The summed E-state index contributed by atoms with van der Waals surface area (Å²) >= 11 is 4.93. The number of thiazole rings is 1. The van der Waals surface area contributed by atoms with Crippen molar-refractivity contribution in [2.75, 3.05) is 5.32 Å². The highest BCUT2D eigenvalue weighted by Crippen LogP contribution is 2.21. The molecule has 0 amide bonds. The molecule has 2 aromatic rings. The van der Waals surface area contributed by atoms with E-state index in [4.69, 9.17) is 0 Å². The first kappa shape index (κ1) is 11.5. The minimum Gasteiger partial charge on any atom is -0.357 e. The number of nitrogens with zero attached hydrogens (tertiary/aromatic N) is 1. The van der Waals surface area contributed by atoms with Gasteiger partial charge in [0.05, 0.1) is 0 Å². The van der Waals surface area contributed by atoms with Crippen LogP contribution >= 0.6 is 27.3 Å². The Morgan fingerprint density at radius 2 is 2.31 bits per heavy atom. The number of aromatic nitrogens is 1. The summed E-state index contributed by atoms with van der Waals surface area (Å²) in [6, 6.07) is 4.67. The van der Waals surface area contributed by atoms with E-state index >= 15 is 0 Å². The molecule has 1 heterocycles. The van der Waals surface area contributed by atoms with E-state index in [0.29, 0.717) is 6.54 Å². The van der Waals surface area contributed by atoms with Crippen molar-refractivity contribution >= 4 is 32.4 Å². The molecule has 1 N–H and O–H groups in total. The molecule has 0 aliphatic carbocycles. The number of halogens is 2. The molecule has 0 fully saturated rings. The Labute approximate surface area is 106 Å². The van der Waals surface area contributed by atoms with Gasteiger partial charge in [0.15, 0.2) is 5.13 Å². The minimum atomic E-state index is -0.235. The number of aryl methyl sites for hydroxylation is 1. The van der Waals surface area contributed by atoms with E-state index in [2.05, 4.69) is 26.2 Å². The highest BCUT2D eigenvalue weighted by molar-refractivity contribution is 9.10. The number of hydrogen-bond acceptors (Lipinski definition) is 3. The van der Waals surface area contributed by atoms with Crippen molar-refractivity contribution in [2.45, 2.75) is 13.5 Å². The van der Waals surface area contributed by atoms with Crippen molar-refractivity contribution in [3.8, 4) is 0 Å². The quantitative estimate of drug-likeness (QED) is 0.928. The summed E-state index contributed by atoms with van der Waals surface area (Å²) in [5.41, 5.74) is 1.01. The molecular formula is C11H10BrFN2S. The topological polar surface area (TPSA) is 24.9 Å². The average Bonchev–Trinajstić information content (AvgIpc) is 2.63. The lowest BCUT2D eigenvalue weighted by molar-refractivity contribution is 0.626. The molecule has 1 aromatic carbocycles. The second-order valence-electron chi connectivity index (χ2n) is 3.37. The second-order valence-corrected chi connectivity index (χ2v) is 5.45. The van der Waals surface area contributed by atoms with Crippen LogP contribution in [-0.2, 0) is 6.54 Å². The average molecular weight is 301 g/mol. The Bertz CT molecular complexity index is 498. The standard InChI is InChI=1S/C11H10BrFN2S/c1-7-5-14-11(16-7)15-6-8-2-3-9(13)4-10(8)12/h2-5H,6H2,1H3,(H,14,15). The normalized spacial score (nSPS) is 10.4. The summed E-state index contributed by atoms with van der Waals surface area (Å²) in [7, 11) is 0. The Balaban J connectivity index is 2.04. The lowest BCUT2D eigenvalue weighted by Gasteiger charge is -2.05. The van der Waals surface area contributed by atoms with Gasteiger partial charge in [0.25, 0.3) is 0 Å². The fourth-order valence-electron chi connectivity index (χ4n) is 1.27. The molecule has 0 spiro atoms. The van der Waals surface area contributed by atoms with E-state index in [9.17, 15) is 4.39 Å². The van der Waals surface area contributed by atoms with Gasteiger partial charge in [-0.15, -0.1) is 11.3 Å². The molecule has 0 aliphatic heterocycles. The minimum absolute atomic E-state index is 0.235. The fraction of sp³-hybridized carbons (Fsp3) is 0.182.